The Morgan fingerprint density at radius 3 is 2.78 bits per heavy atom. The van der Waals surface area contributed by atoms with Gasteiger partial charge in [-0.2, -0.15) is 0 Å². The summed E-state index contributed by atoms with van der Waals surface area (Å²) >= 11 is 2.54. The molecule has 2 rings (SSSR count). The highest BCUT2D eigenvalue weighted by Gasteiger charge is 2.36. The number of nitrogens with zero attached hydrogens (tertiary/aromatic N) is 1. The summed E-state index contributed by atoms with van der Waals surface area (Å²) in [7, 11) is 0. The summed E-state index contributed by atoms with van der Waals surface area (Å²) in [6.45, 7) is 0.00338. The number of carboxylic acid groups (broad SMARTS) is 1. The molecule has 1 aliphatic heterocycles. The topological polar surface area (TPSA) is 87.1 Å². The van der Waals surface area contributed by atoms with Crippen molar-refractivity contribution in [2.45, 2.75) is 19.0 Å². The largest absolute Gasteiger partial charge is 0.508 e. The van der Waals surface area contributed by atoms with Crippen molar-refractivity contribution >= 4 is 28.3 Å². The van der Waals surface area contributed by atoms with Crippen LogP contribution in [0.15, 0.2) is 18.2 Å². The molecule has 0 saturated heterocycles. The first-order valence-corrected chi connectivity index (χ1v) is 5.81. The number of carbonyl (C=O) groups excluding carboxylic acids is 1. The lowest BCUT2D eigenvalue weighted by molar-refractivity contribution is -0.143. The number of benzene rings is 1. The first-order chi connectivity index (χ1) is 8.54. The Bertz CT molecular complexity index is 504. The van der Waals surface area contributed by atoms with Crippen LogP contribution in [0.3, 0.4) is 0 Å². The van der Waals surface area contributed by atoms with Crippen LogP contribution in [0.4, 0.5) is 4.79 Å². The van der Waals surface area contributed by atoms with Crippen LogP contribution in [0.1, 0.15) is 11.1 Å². The van der Waals surface area contributed by atoms with Gasteiger partial charge in [0.25, 0.3) is 0 Å². The normalized spacial score (nSPS) is 18.1. The molecule has 0 radical (unpaired) electrons. The van der Waals surface area contributed by atoms with Gasteiger partial charge in [0.05, 0.1) is 6.54 Å². The quantitative estimate of drug-likeness (QED) is 0.822. The van der Waals surface area contributed by atoms with E-state index in [4.69, 9.17) is 5.11 Å². The first-order valence-electron chi connectivity index (χ1n) is 5.16. The van der Waals surface area contributed by atoms with Gasteiger partial charge in [0.15, 0.2) is 16.3 Å². The van der Waals surface area contributed by atoms with Crippen LogP contribution in [-0.2, 0) is 21.6 Å². The van der Waals surface area contributed by atoms with Crippen molar-refractivity contribution in [2.24, 2.45) is 0 Å². The molecule has 18 heavy (non-hydrogen) atoms. The highest BCUT2D eigenvalue weighted by molar-refractivity contribution is 9.06. The predicted octanol–water partition coefficient (Wildman–Crippen LogP) is 1.65. The molecule has 7 heteroatoms. The molecule has 1 heterocycles. The van der Waals surface area contributed by atoms with Crippen molar-refractivity contribution in [3.05, 3.63) is 29.3 Å². The van der Waals surface area contributed by atoms with Crippen LogP contribution >= 0.6 is 16.3 Å². The van der Waals surface area contributed by atoms with E-state index in [1.54, 1.807) is 12.1 Å². The summed E-state index contributed by atoms with van der Waals surface area (Å²) in [5.74, 6) is -1.06. The van der Waals surface area contributed by atoms with Crippen LogP contribution in [0.2, 0.25) is 0 Å². The van der Waals surface area contributed by atoms with Gasteiger partial charge in [-0.15, -0.1) is 0 Å². The van der Waals surface area contributed by atoms with Crippen molar-refractivity contribution in [3.63, 3.8) is 0 Å². The lowest BCUT2D eigenvalue weighted by atomic mass is 9.93. The van der Waals surface area contributed by atoms with E-state index in [0.29, 0.717) is 5.56 Å². The van der Waals surface area contributed by atoms with Crippen LogP contribution in [-0.4, -0.2) is 33.2 Å². The van der Waals surface area contributed by atoms with E-state index in [2.05, 4.69) is 20.1 Å². The van der Waals surface area contributed by atoms with Gasteiger partial charge in [-0.1, -0.05) is 12.1 Å². The molecule has 1 atom stereocenters. The van der Waals surface area contributed by atoms with Crippen molar-refractivity contribution in [2.75, 3.05) is 0 Å². The number of halogens is 1. The Balaban J connectivity index is 2.41. The van der Waals surface area contributed by atoms with Gasteiger partial charge in [0.2, 0.25) is 0 Å². The molecule has 0 aromatic heterocycles. The van der Waals surface area contributed by atoms with Crippen LogP contribution in [0.5, 0.6) is 5.75 Å². The summed E-state index contributed by atoms with van der Waals surface area (Å²) in [6, 6.07) is 3.88. The highest BCUT2D eigenvalue weighted by atomic mass is 79.9. The standard InChI is InChI=1S/C11H10BrNO5/c12-18-11(17)13-5-7-6(2-1-3-9(7)14)4-8(13)10(15)16/h1-3,8,14H,4-5H2,(H,15,16). The molecule has 6 nitrogen and oxygen atoms in total. The highest BCUT2D eigenvalue weighted by Crippen LogP contribution is 2.30. The number of hydrogen-bond donors (Lipinski definition) is 2. The second kappa shape index (κ2) is 4.85. The van der Waals surface area contributed by atoms with Gasteiger partial charge in [-0.3, -0.25) is 4.90 Å². The number of aliphatic carboxylic acids is 1. The van der Waals surface area contributed by atoms with Crippen LogP contribution < -0.4 is 0 Å². The molecule has 1 aromatic carbocycles. The fourth-order valence-corrected chi connectivity index (χ4v) is 2.24. The van der Waals surface area contributed by atoms with Gasteiger partial charge in [-0.05, 0) is 11.6 Å². The summed E-state index contributed by atoms with van der Waals surface area (Å²) < 4.78 is 4.38. The minimum absolute atomic E-state index is 0.00338. The number of rotatable bonds is 1. The molecule has 1 aliphatic rings. The van der Waals surface area contributed by atoms with E-state index < -0.39 is 18.1 Å². The summed E-state index contributed by atoms with van der Waals surface area (Å²) in [5, 5.41) is 18.8. The number of carbonyl (C=O) groups is 2. The maximum atomic E-state index is 11.5. The predicted molar refractivity (Wildman–Crippen MR) is 64.2 cm³/mol. The molecule has 0 saturated carbocycles. The average Bonchev–Trinajstić information content (AvgIpc) is 2.37. The van der Waals surface area contributed by atoms with Crippen molar-refractivity contribution < 1.29 is 23.6 Å². The molecule has 1 amide bonds. The second-order valence-electron chi connectivity index (χ2n) is 3.94. The van der Waals surface area contributed by atoms with Gasteiger partial charge in [-0.25, -0.2) is 9.59 Å². The zero-order chi connectivity index (χ0) is 13.3. The third-order valence-corrected chi connectivity index (χ3v) is 3.23. The number of hydrogen-bond acceptors (Lipinski definition) is 4. The van der Waals surface area contributed by atoms with Crippen LogP contribution in [0.25, 0.3) is 0 Å². The fraction of sp³-hybridized carbons (Fsp3) is 0.273. The number of phenols is 1. The van der Waals surface area contributed by atoms with E-state index in [9.17, 15) is 14.7 Å². The van der Waals surface area contributed by atoms with E-state index in [0.717, 1.165) is 10.5 Å². The molecular weight excluding hydrogens is 306 g/mol. The maximum Gasteiger partial charge on any atom is 0.422 e. The number of fused-ring (bicyclic) bond motifs is 1. The van der Waals surface area contributed by atoms with E-state index in [1.807, 2.05) is 0 Å². The second-order valence-corrected chi connectivity index (χ2v) is 4.27. The van der Waals surface area contributed by atoms with E-state index >= 15 is 0 Å². The first kappa shape index (κ1) is 12.7. The number of carboxylic acids is 1. The zero-order valence-electron chi connectivity index (χ0n) is 9.17. The Kier molecular flexibility index (Phi) is 3.42. The van der Waals surface area contributed by atoms with E-state index in [1.165, 1.54) is 6.07 Å². The third-order valence-electron chi connectivity index (χ3n) is 2.95. The van der Waals surface area contributed by atoms with Gasteiger partial charge < -0.3 is 14.0 Å². The Hall–Kier alpha value is -1.76. The SMILES string of the molecule is O=C(O)C1Cc2cccc(O)c2CN1C(=O)OBr. The van der Waals surface area contributed by atoms with E-state index in [-0.39, 0.29) is 18.7 Å². The van der Waals surface area contributed by atoms with Gasteiger partial charge in [0.1, 0.15) is 11.8 Å². The number of phenolic OH excluding ortho intramolecular Hbond substituents is 1. The number of aromatic hydroxyl groups is 1. The molecule has 0 fully saturated rings. The fourth-order valence-electron chi connectivity index (χ4n) is 2.05. The Morgan fingerprint density at radius 2 is 2.17 bits per heavy atom. The molecule has 0 bridgehead atoms. The van der Waals surface area contributed by atoms with Crippen LogP contribution in [0, 0.1) is 0 Å². The van der Waals surface area contributed by atoms with Crippen molar-refractivity contribution in [3.8, 4) is 5.75 Å². The molecule has 1 unspecified atom stereocenters. The summed E-state index contributed by atoms with van der Waals surface area (Å²) in [5.41, 5.74) is 1.27. The monoisotopic (exact) mass is 315 g/mol. The van der Waals surface area contributed by atoms with Crippen molar-refractivity contribution in [1.29, 1.82) is 0 Å². The molecule has 1 aromatic rings. The Labute approximate surface area is 111 Å². The average molecular weight is 316 g/mol. The molecule has 0 aliphatic carbocycles. The van der Waals surface area contributed by atoms with Gasteiger partial charge in [0, 0.05) is 12.0 Å². The smallest absolute Gasteiger partial charge is 0.422 e. The zero-order valence-corrected chi connectivity index (χ0v) is 10.8. The van der Waals surface area contributed by atoms with Gasteiger partial charge >= 0.3 is 12.1 Å². The molecule has 2 N–H and O–H groups in total. The molecular formula is C11H10BrNO5. The molecule has 0 spiro atoms. The number of amides is 1. The lowest BCUT2D eigenvalue weighted by Gasteiger charge is -2.33. The maximum absolute atomic E-state index is 11.5. The van der Waals surface area contributed by atoms with Crippen molar-refractivity contribution in [1.82, 2.24) is 4.90 Å². The molecule has 96 valence electrons. The lowest BCUT2D eigenvalue weighted by Crippen LogP contribution is -2.48. The Morgan fingerprint density at radius 1 is 1.44 bits per heavy atom. The third kappa shape index (κ3) is 2.13. The minimum atomic E-state index is -1.11. The summed E-state index contributed by atoms with van der Waals surface area (Å²) in [6.07, 6.45) is -0.655. The summed E-state index contributed by atoms with van der Waals surface area (Å²) in [4.78, 5) is 23.7. The minimum Gasteiger partial charge on any atom is -0.508 e.